The fraction of sp³-hybridized carbons (Fsp3) is 1.00. The SMILES string of the molecule is CC1C2(C)CC3CC4C(CCCC4(C)C1(N)C3)C2. The predicted molar refractivity (Wildman–Crippen MR) is 75.1 cm³/mol. The van der Waals surface area contributed by atoms with Crippen LogP contribution in [0.2, 0.25) is 0 Å². The zero-order valence-corrected chi connectivity index (χ0v) is 12.3. The van der Waals surface area contributed by atoms with Crippen molar-refractivity contribution in [3.8, 4) is 0 Å². The molecule has 5 fully saturated rings. The van der Waals surface area contributed by atoms with Crippen LogP contribution in [0.4, 0.5) is 0 Å². The molecule has 102 valence electrons. The van der Waals surface area contributed by atoms with Crippen LogP contribution in [0.3, 0.4) is 0 Å². The van der Waals surface area contributed by atoms with Crippen molar-refractivity contribution in [1.82, 2.24) is 0 Å². The molecule has 5 saturated carbocycles. The zero-order chi connectivity index (χ0) is 12.8. The second-order valence-corrected chi connectivity index (χ2v) is 8.81. The summed E-state index contributed by atoms with van der Waals surface area (Å²) in [4.78, 5) is 0. The molecule has 1 nitrogen and oxygen atoms in total. The summed E-state index contributed by atoms with van der Waals surface area (Å²) in [5.74, 6) is 3.60. The van der Waals surface area contributed by atoms with Crippen molar-refractivity contribution < 1.29 is 0 Å². The Morgan fingerprint density at radius 3 is 2.67 bits per heavy atom. The van der Waals surface area contributed by atoms with Gasteiger partial charge in [0.1, 0.15) is 0 Å². The summed E-state index contributed by atoms with van der Waals surface area (Å²) in [5, 5.41) is 0. The maximum absolute atomic E-state index is 7.13. The Balaban J connectivity index is 1.93. The normalized spacial score (nSPS) is 66.0. The number of hydrogen-bond acceptors (Lipinski definition) is 1. The third-order valence-electron chi connectivity index (χ3n) is 8.24. The van der Waals surface area contributed by atoms with Crippen LogP contribution in [0.15, 0.2) is 0 Å². The van der Waals surface area contributed by atoms with E-state index in [9.17, 15) is 0 Å². The van der Waals surface area contributed by atoms with Gasteiger partial charge in [-0.1, -0.05) is 33.6 Å². The Morgan fingerprint density at radius 1 is 1.11 bits per heavy atom. The minimum Gasteiger partial charge on any atom is -0.324 e. The van der Waals surface area contributed by atoms with Gasteiger partial charge in [0, 0.05) is 5.54 Å². The van der Waals surface area contributed by atoms with Gasteiger partial charge in [0.15, 0.2) is 0 Å². The largest absolute Gasteiger partial charge is 0.324 e. The first-order valence-corrected chi connectivity index (χ1v) is 8.18. The van der Waals surface area contributed by atoms with Crippen LogP contribution in [0.5, 0.6) is 0 Å². The highest BCUT2D eigenvalue weighted by molar-refractivity contribution is 5.20. The van der Waals surface area contributed by atoms with Crippen molar-refractivity contribution in [3.05, 3.63) is 0 Å². The van der Waals surface area contributed by atoms with Gasteiger partial charge in [-0.3, -0.25) is 0 Å². The molecule has 5 aliphatic rings. The van der Waals surface area contributed by atoms with Crippen molar-refractivity contribution in [2.75, 3.05) is 0 Å². The monoisotopic (exact) mass is 247 g/mol. The fourth-order valence-corrected chi connectivity index (χ4v) is 7.21. The maximum atomic E-state index is 7.13. The van der Waals surface area contributed by atoms with Gasteiger partial charge in [-0.25, -0.2) is 0 Å². The molecule has 0 aliphatic heterocycles. The molecule has 6 bridgehead atoms. The lowest BCUT2D eigenvalue weighted by Gasteiger charge is -2.64. The maximum Gasteiger partial charge on any atom is 0.0245 e. The average Bonchev–Trinajstić information content (AvgIpc) is 2.42. The summed E-state index contributed by atoms with van der Waals surface area (Å²) in [6.45, 7) is 7.62. The molecule has 0 spiro atoms. The van der Waals surface area contributed by atoms with E-state index in [-0.39, 0.29) is 5.54 Å². The van der Waals surface area contributed by atoms with Crippen molar-refractivity contribution >= 4 is 0 Å². The summed E-state index contributed by atoms with van der Waals surface area (Å²) in [5.41, 5.74) is 8.27. The molecule has 7 atom stereocenters. The minimum absolute atomic E-state index is 0.142. The van der Waals surface area contributed by atoms with Gasteiger partial charge in [0.25, 0.3) is 0 Å². The van der Waals surface area contributed by atoms with Crippen molar-refractivity contribution in [2.45, 2.75) is 71.3 Å². The second kappa shape index (κ2) is 3.16. The van der Waals surface area contributed by atoms with Crippen LogP contribution >= 0.6 is 0 Å². The quantitative estimate of drug-likeness (QED) is 0.689. The summed E-state index contributed by atoms with van der Waals surface area (Å²) < 4.78 is 0. The molecule has 18 heavy (non-hydrogen) atoms. The molecule has 0 radical (unpaired) electrons. The van der Waals surface area contributed by atoms with Gasteiger partial charge in [0.2, 0.25) is 0 Å². The summed E-state index contributed by atoms with van der Waals surface area (Å²) >= 11 is 0. The van der Waals surface area contributed by atoms with Gasteiger partial charge in [-0.2, -0.15) is 0 Å². The molecular formula is C17H29N. The predicted octanol–water partition coefficient (Wildman–Crippen LogP) is 3.97. The first kappa shape index (κ1) is 11.8. The van der Waals surface area contributed by atoms with Crippen molar-refractivity contribution in [3.63, 3.8) is 0 Å². The molecule has 2 N–H and O–H groups in total. The molecule has 0 aromatic heterocycles. The van der Waals surface area contributed by atoms with Crippen LogP contribution in [-0.2, 0) is 0 Å². The Labute approximate surface area is 112 Å². The molecule has 0 amide bonds. The van der Waals surface area contributed by atoms with E-state index in [2.05, 4.69) is 20.8 Å². The third kappa shape index (κ3) is 1.10. The first-order chi connectivity index (χ1) is 8.39. The highest BCUT2D eigenvalue weighted by atomic mass is 14.9. The van der Waals surface area contributed by atoms with E-state index in [4.69, 9.17) is 5.73 Å². The summed E-state index contributed by atoms with van der Waals surface area (Å²) in [6.07, 6.45) is 10.1. The van der Waals surface area contributed by atoms with E-state index in [1.165, 1.54) is 44.9 Å². The Bertz CT molecular complexity index is 391. The van der Waals surface area contributed by atoms with E-state index in [1.54, 1.807) is 0 Å². The summed E-state index contributed by atoms with van der Waals surface area (Å²) in [7, 11) is 0. The number of hydrogen-bond donors (Lipinski definition) is 1. The summed E-state index contributed by atoms with van der Waals surface area (Å²) in [6, 6.07) is 0. The topological polar surface area (TPSA) is 26.0 Å². The van der Waals surface area contributed by atoms with E-state index in [1.807, 2.05) is 0 Å². The Morgan fingerprint density at radius 2 is 1.89 bits per heavy atom. The van der Waals surface area contributed by atoms with E-state index >= 15 is 0 Å². The molecule has 0 aromatic rings. The lowest BCUT2D eigenvalue weighted by atomic mass is 9.43. The van der Waals surface area contributed by atoms with Crippen LogP contribution < -0.4 is 5.73 Å². The highest BCUT2D eigenvalue weighted by Gasteiger charge is 2.67. The zero-order valence-electron chi connectivity index (χ0n) is 12.3. The van der Waals surface area contributed by atoms with Gasteiger partial charge in [-0.05, 0) is 66.6 Å². The van der Waals surface area contributed by atoms with Crippen molar-refractivity contribution in [1.29, 1.82) is 0 Å². The molecule has 1 heteroatoms. The van der Waals surface area contributed by atoms with Gasteiger partial charge < -0.3 is 5.73 Å². The van der Waals surface area contributed by atoms with Crippen LogP contribution in [-0.4, -0.2) is 5.54 Å². The number of rotatable bonds is 0. The number of nitrogens with two attached hydrogens (primary N) is 1. The van der Waals surface area contributed by atoms with Crippen LogP contribution in [0.25, 0.3) is 0 Å². The molecular weight excluding hydrogens is 218 g/mol. The molecule has 0 aromatic carbocycles. The van der Waals surface area contributed by atoms with Gasteiger partial charge in [0.05, 0.1) is 0 Å². The van der Waals surface area contributed by atoms with Gasteiger partial charge >= 0.3 is 0 Å². The molecule has 0 saturated heterocycles. The molecule has 0 heterocycles. The molecule has 5 rings (SSSR count). The Hall–Kier alpha value is -0.0400. The van der Waals surface area contributed by atoms with E-state index in [0.29, 0.717) is 10.8 Å². The van der Waals surface area contributed by atoms with Crippen LogP contribution in [0.1, 0.15) is 65.7 Å². The third-order valence-corrected chi connectivity index (χ3v) is 8.24. The average molecular weight is 247 g/mol. The molecule has 7 unspecified atom stereocenters. The molecule has 5 aliphatic carbocycles. The second-order valence-electron chi connectivity index (χ2n) is 8.81. The Kier molecular flexibility index (Phi) is 2.07. The smallest absolute Gasteiger partial charge is 0.0245 e. The first-order valence-electron chi connectivity index (χ1n) is 8.18. The highest BCUT2D eigenvalue weighted by Crippen LogP contribution is 2.71. The lowest BCUT2D eigenvalue weighted by molar-refractivity contribution is -0.113. The van der Waals surface area contributed by atoms with Crippen LogP contribution in [0, 0.1) is 34.5 Å². The van der Waals surface area contributed by atoms with E-state index < -0.39 is 0 Å². The van der Waals surface area contributed by atoms with Gasteiger partial charge in [-0.15, -0.1) is 0 Å². The minimum atomic E-state index is 0.142. The standard InChI is InChI=1S/C17H29N/c1-11-15(2)8-12-7-14-13(10-15)5-4-6-16(14,3)17(11,18)9-12/h11-14H,4-10,18H2,1-3H3. The van der Waals surface area contributed by atoms with Crippen molar-refractivity contribution in [2.24, 2.45) is 40.2 Å². The lowest BCUT2D eigenvalue weighted by Crippen LogP contribution is -2.69. The fourth-order valence-electron chi connectivity index (χ4n) is 7.21. The van der Waals surface area contributed by atoms with E-state index in [0.717, 1.165) is 23.7 Å².